The Labute approximate surface area is 110 Å². The summed E-state index contributed by atoms with van der Waals surface area (Å²) in [5.74, 6) is 1.16. The molecule has 0 amide bonds. The lowest BCUT2D eigenvalue weighted by Gasteiger charge is -2.21. The van der Waals surface area contributed by atoms with Crippen LogP contribution in [0.1, 0.15) is 17.3 Å². The zero-order valence-corrected chi connectivity index (χ0v) is 12.2. The number of hydrogen-bond acceptors (Lipinski definition) is 3. The highest BCUT2D eigenvalue weighted by Crippen LogP contribution is 2.24. The number of halogens is 1. The van der Waals surface area contributed by atoms with Crippen LogP contribution in [0.5, 0.6) is 0 Å². The molecule has 0 atom stereocenters. The number of nitrogens with zero attached hydrogens (tertiary/aromatic N) is 1. The Balaban J connectivity index is 2.98. The first kappa shape index (κ1) is 13.6. The first-order valence-electron chi connectivity index (χ1n) is 5.07. The van der Waals surface area contributed by atoms with Gasteiger partial charge in [0.25, 0.3) is 0 Å². The zero-order valence-electron chi connectivity index (χ0n) is 9.79. The number of hydrogen-bond donors (Lipinski definition) is 0. The predicted octanol–water partition coefficient (Wildman–Crippen LogP) is 3.45. The van der Waals surface area contributed by atoms with Gasteiger partial charge in [0.2, 0.25) is 0 Å². The Morgan fingerprint density at radius 1 is 1.50 bits per heavy atom. The largest absolute Gasteiger partial charge is 0.373 e. The van der Waals surface area contributed by atoms with Gasteiger partial charge in [0.05, 0.1) is 0 Å². The summed E-state index contributed by atoms with van der Waals surface area (Å²) < 4.78 is 0.944. The van der Waals surface area contributed by atoms with E-state index in [1.165, 1.54) is 0 Å². The van der Waals surface area contributed by atoms with Gasteiger partial charge in [0, 0.05) is 35.1 Å². The molecule has 1 rings (SSSR count). The summed E-state index contributed by atoms with van der Waals surface area (Å²) in [6.45, 7) is 2.55. The molecule has 16 heavy (non-hydrogen) atoms. The molecule has 0 saturated carbocycles. The molecule has 0 saturated heterocycles. The molecule has 0 aliphatic carbocycles. The van der Waals surface area contributed by atoms with Crippen LogP contribution >= 0.6 is 27.7 Å². The smallest absolute Gasteiger partial charge is 0.161 e. The van der Waals surface area contributed by atoms with E-state index in [0.29, 0.717) is 0 Å². The van der Waals surface area contributed by atoms with Gasteiger partial charge in [-0.05, 0) is 31.4 Å². The van der Waals surface area contributed by atoms with E-state index in [0.717, 1.165) is 28.0 Å². The summed E-state index contributed by atoms with van der Waals surface area (Å²) in [6.07, 6.45) is 2.08. The SMILES string of the molecule is CSCCN(C)c1ccc(Br)cc1C(C)=O. The molecule has 0 aromatic heterocycles. The number of carbonyl (C=O) groups excluding carboxylic acids is 1. The fourth-order valence-electron chi connectivity index (χ4n) is 1.47. The first-order chi connectivity index (χ1) is 7.56. The van der Waals surface area contributed by atoms with Gasteiger partial charge in [-0.25, -0.2) is 0 Å². The fraction of sp³-hybridized carbons (Fsp3) is 0.417. The summed E-state index contributed by atoms with van der Waals surface area (Å²) >= 11 is 5.20. The van der Waals surface area contributed by atoms with Crippen LogP contribution in [0, 0.1) is 0 Å². The topological polar surface area (TPSA) is 20.3 Å². The van der Waals surface area contributed by atoms with Crippen molar-refractivity contribution in [1.29, 1.82) is 0 Å². The van der Waals surface area contributed by atoms with Gasteiger partial charge in [-0.1, -0.05) is 15.9 Å². The number of thioether (sulfide) groups is 1. The number of carbonyl (C=O) groups is 1. The van der Waals surface area contributed by atoms with E-state index in [-0.39, 0.29) is 5.78 Å². The molecule has 0 fully saturated rings. The molecule has 0 aliphatic rings. The number of anilines is 1. The van der Waals surface area contributed by atoms with Gasteiger partial charge in [-0.3, -0.25) is 4.79 Å². The minimum atomic E-state index is 0.104. The molecule has 4 heteroatoms. The van der Waals surface area contributed by atoms with E-state index in [1.807, 2.05) is 25.2 Å². The van der Waals surface area contributed by atoms with Gasteiger partial charge >= 0.3 is 0 Å². The third-order valence-corrected chi connectivity index (χ3v) is 3.46. The van der Waals surface area contributed by atoms with E-state index in [1.54, 1.807) is 18.7 Å². The molecule has 0 radical (unpaired) electrons. The van der Waals surface area contributed by atoms with E-state index in [2.05, 4.69) is 27.1 Å². The lowest BCUT2D eigenvalue weighted by Crippen LogP contribution is -2.22. The maximum Gasteiger partial charge on any atom is 0.161 e. The minimum absolute atomic E-state index is 0.104. The molecule has 0 bridgehead atoms. The third-order valence-electron chi connectivity index (χ3n) is 2.38. The second-order valence-corrected chi connectivity index (χ2v) is 5.53. The number of benzene rings is 1. The van der Waals surface area contributed by atoms with Crippen LogP contribution in [0.15, 0.2) is 22.7 Å². The van der Waals surface area contributed by atoms with Crippen LogP contribution in [0.25, 0.3) is 0 Å². The van der Waals surface area contributed by atoms with Crippen molar-refractivity contribution in [1.82, 2.24) is 0 Å². The normalized spacial score (nSPS) is 10.2. The molecule has 0 aliphatic heterocycles. The maximum atomic E-state index is 11.5. The van der Waals surface area contributed by atoms with Crippen molar-refractivity contribution in [3.05, 3.63) is 28.2 Å². The highest BCUT2D eigenvalue weighted by Gasteiger charge is 2.11. The van der Waals surface area contributed by atoms with Crippen LogP contribution in [0.4, 0.5) is 5.69 Å². The van der Waals surface area contributed by atoms with Crippen LogP contribution in [0.3, 0.4) is 0 Å². The molecule has 2 nitrogen and oxygen atoms in total. The van der Waals surface area contributed by atoms with Crippen LogP contribution in [0.2, 0.25) is 0 Å². The minimum Gasteiger partial charge on any atom is -0.373 e. The summed E-state index contributed by atoms with van der Waals surface area (Å²) in [7, 11) is 2.02. The van der Waals surface area contributed by atoms with Crippen molar-refractivity contribution < 1.29 is 4.79 Å². The second-order valence-electron chi connectivity index (χ2n) is 3.63. The molecule has 1 aromatic carbocycles. The molecular formula is C12H16BrNOS. The molecular weight excluding hydrogens is 286 g/mol. The van der Waals surface area contributed by atoms with Crippen molar-refractivity contribution in [3.8, 4) is 0 Å². The van der Waals surface area contributed by atoms with E-state index < -0.39 is 0 Å². The lowest BCUT2D eigenvalue weighted by molar-refractivity contribution is 0.101. The Morgan fingerprint density at radius 3 is 2.75 bits per heavy atom. The average molecular weight is 302 g/mol. The number of ketones is 1. The van der Waals surface area contributed by atoms with Crippen molar-refractivity contribution in [3.63, 3.8) is 0 Å². The molecule has 0 heterocycles. The van der Waals surface area contributed by atoms with Crippen molar-refractivity contribution >= 4 is 39.2 Å². The molecule has 88 valence electrons. The Bertz CT molecular complexity index is 381. The summed E-state index contributed by atoms with van der Waals surface area (Å²) in [5, 5.41) is 0. The van der Waals surface area contributed by atoms with E-state index >= 15 is 0 Å². The Morgan fingerprint density at radius 2 is 2.19 bits per heavy atom. The van der Waals surface area contributed by atoms with E-state index in [9.17, 15) is 4.79 Å². The Kier molecular flexibility index (Phi) is 5.35. The monoisotopic (exact) mass is 301 g/mol. The summed E-state index contributed by atoms with van der Waals surface area (Å²) in [4.78, 5) is 13.7. The van der Waals surface area contributed by atoms with E-state index in [4.69, 9.17) is 0 Å². The van der Waals surface area contributed by atoms with Crippen LogP contribution in [-0.2, 0) is 0 Å². The molecule has 0 N–H and O–H groups in total. The highest BCUT2D eigenvalue weighted by atomic mass is 79.9. The average Bonchev–Trinajstić information content (AvgIpc) is 2.25. The predicted molar refractivity (Wildman–Crippen MR) is 75.8 cm³/mol. The second kappa shape index (κ2) is 6.30. The van der Waals surface area contributed by atoms with Crippen molar-refractivity contribution in [2.75, 3.05) is 30.5 Å². The standard InChI is InChI=1S/C12H16BrNOS/c1-9(15)11-8-10(13)4-5-12(11)14(2)6-7-16-3/h4-5,8H,6-7H2,1-3H3. The van der Waals surface area contributed by atoms with Crippen molar-refractivity contribution in [2.45, 2.75) is 6.92 Å². The molecule has 0 spiro atoms. The maximum absolute atomic E-state index is 11.5. The first-order valence-corrected chi connectivity index (χ1v) is 7.25. The quantitative estimate of drug-likeness (QED) is 0.777. The van der Waals surface area contributed by atoms with Gasteiger partial charge in [-0.15, -0.1) is 0 Å². The molecule has 0 unspecified atom stereocenters. The summed E-state index contributed by atoms with van der Waals surface area (Å²) in [6, 6.07) is 5.84. The highest BCUT2D eigenvalue weighted by molar-refractivity contribution is 9.10. The molecule has 1 aromatic rings. The zero-order chi connectivity index (χ0) is 12.1. The number of rotatable bonds is 5. The third kappa shape index (κ3) is 3.52. The van der Waals surface area contributed by atoms with Crippen molar-refractivity contribution in [2.24, 2.45) is 0 Å². The lowest BCUT2D eigenvalue weighted by atomic mass is 10.1. The van der Waals surface area contributed by atoms with Gasteiger partial charge in [0.15, 0.2) is 5.78 Å². The number of Topliss-reactive ketones (excluding diaryl/α,β-unsaturated/α-hetero) is 1. The van der Waals surface area contributed by atoms with Crippen LogP contribution < -0.4 is 4.90 Å². The Hall–Kier alpha value is -0.480. The van der Waals surface area contributed by atoms with Gasteiger partial charge in [0.1, 0.15) is 0 Å². The summed E-state index contributed by atoms with van der Waals surface area (Å²) in [5.41, 5.74) is 1.78. The fourth-order valence-corrected chi connectivity index (χ4v) is 2.29. The van der Waals surface area contributed by atoms with Crippen LogP contribution in [-0.4, -0.2) is 31.4 Å². The van der Waals surface area contributed by atoms with Gasteiger partial charge < -0.3 is 4.90 Å². The van der Waals surface area contributed by atoms with Gasteiger partial charge in [-0.2, -0.15) is 11.8 Å².